The minimum absolute atomic E-state index is 0.0667. The molecule has 0 fully saturated rings. The van der Waals surface area contributed by atoms with Gasteiger partial charge in [-0.2, -0.15) is 0 Å². The van der Waals surface area contributed by atoms with Gasteiger partial charge in [0, 0.05) is 0 Å². The van der Waals surface area contributed by atoms with Gasteiger partial charge in [0.15, 0.2) is 0 Å². The molecule has 0 spiro atoms. The summed E-state index contributed by atoms with van der Waals surface area (Å²) < 4.78 is 11.0. The summed E-state index contributed by atoms with van der Waals surface area (Å²) >= 11 is 0. The summed E-state index contributed by atoms with van der Waals surface area (Å²) in [5.74, 6) is 0.676. The molecule has 4 nitrogen and oxygen atoms in total. The molecule has 1 heterocycles. The van der Waals surface area contributed by atoms with E-state index in [-0.39, 0.29) is 16.6 Å². The monoisotopic (exact) mass is 292 g/mol. The van der Waals surface area contributed by atoms with Crippen molar-refractivity contribution in [1.29, 1.82) is 0 Å². The van der Waals surface area contributed by atoms with Gasteiger partial charge in [0.25, 0.3) is 0 Å². The van der Waals surface area contributed by atoms with E-state index in [1.807, 2.05) is 24.3 Å². The van der Waals surface area contributed by atoms with Crippen LogP contribution in [0, 0.1) is 0 Å². The Kier molecular flexibility index (Phi) is 2.60. The number of methoxy groups -OCH3 is 1. The predicted octanol–water partition coefficient (Wildman–Crippen LogP) is 3.81. The number of hydrogen-bond acceptors (Lipinski definition) is 4. The molecule has 0 aliphatic rings. The maximum Gasteiger partial charge on any atom is 0.204 e. The average Bonchev–Trinajstić information content (AvgIpc) is 2.53. The third kappa shape index (κ3) is 1.74. The van der Waals surface area contributed by atoms with Crippen molar-refractivity contribution < 1.29 is 14.3 Å². The van der Waals surface area contributed by atoms with E-state index < -0.39 is 0 Å². The average molecular weight is 292 g/mol. The van der Waals surface area contributed by atoms with Crippen LogP contribution in [-0.4, -0.2) is 12.2 Å². The number of fused-ring (bicyclic) bond motifs is 3. The van der Waals surface area contributed by atoms with Gasteiger partial charge in [-0.1, -0.05) is 12.1 Å². The highest BCUT2D eigenvalue weighted by Gasteiger charge is 2.12. The van der Waals surface area contributed by atoms with Crippen LogP contribution in [0.5, 0.6) is 11.5 Å². The third-order valence-electron chi connectivity index (χ3n) is 3.84. The summed E-state index contributed by atoms with van der Waals surface area (Å²) in [6.45, 7) is 0. The van der Waals surface area contributed by atoms with E-state index in [1.54, 1.807) is 25.3 Å². The molecule has 1 N–H and O–H groups in total. The van der Waals surface area contributed by atoms with Crippen molar-refractivity contribution >= 4 is 32.7 Å². The van der Waals surface area contributed by atoms with Gasteiger partial charge < -0.3 is 14.3 Å². The fourth-order valence-electron chi connectivity index (χ4n) is 2.73. The van der Waals surface area contributed by atoms with Crippen molar-refractivity contribution in [3.05, 3.63) is 58.8 Å². The first kappa shape index (κ1) is 12.7. The molecule has 3 aromatic carbocycles. The number of phenolic OH excluding ortho intramolecular Hbond substituents is 1. The Bertz CT molecular complexity index is 1090. The van der Waals surface area contributed by atoms with Crippen molar-refractivity contribution in [3.8, 4) is 11.5 Å². The van der Waals surface area contributed by atoms with Crippen molar-refractivity contribution in [3.63, 3.8) is 0 Å². The molecule has 108 valence electrons. The van der Waals surface area contributed by atoms with Crippen LogP contribution in [0.4, 0.5) is 0 Å². The van der Waals surface area contributed by atoms with E-state index in [9.17, 15) is 9.90 Å². The van der Waals surface area contributed by atoms with Crippen molar-refractivity contribution in [2.75, 3.05) is 7.11 Å². The van der Waals surface area contributed by atoms with Gasteiger partial charge in [-0.3, -0.25) is 4.79 Å². The molecule has 4 rings (SSSR count). The number of aromatic hydroxyl groups is 1. The maximum atomic E-state index is 12.6. The van der Waals surface area contributed by atoms with Crippen molar-refractivity contribution in [2.45, 2.75) is 0 Å². The van der Waals surface area contributed by atoms with Gasteiger partial charge in [-0.05, 0) is 47.2 Å². The predicted molar refractivity (Wildman–Crippen MR) is 85.7 cm³/mol. The Morgan fingerprint density at radius 1 is 1.00 bits per heavy atom. The number of rotatable bonds is 1. The molecule has 4 aromatic rings. The highest BCUT2D eigenvalue weighted by Crippen LogP contribution is 2.29. The van der Waals surface area contributed by atoms with Crippen LogP contribution in [0.25, 0.3) is 32.7 Å². The van der Waals surface area contributed by atoms with Crippen LogP contribution in [0.3, 0.4) is 0 Å². The third-order valence-corrected chi connectivity index (χ3v) is 3.84. The summed E-state index contributed by atoms with van der Waals surface area (Å²) in [4.78, 5) is 12.6. The molecular weight excluding hydrogens is 280 g/mol. The lowest BCUT2D eigenvalue weighted by molar-refractivity contribution is 0.415. The lowest BCUT2D eigenvalue weighted by Crippen LogP contribution is -2.02. The molecule has 0 radical (unpaired) electrons. The van der Waals surface area contributed by atoms with Gasteiger partial charge in [-0.25, -0.2) is 0 Å². The minimum atomic E-state index is -0.230. The van der Waals surface area contributed by atoms with Gasteiger partial charge >= 0.3 is 0 Å². The highest BCUT2D eigenvalue weighted by atomic mass is 16.5. The van der Waals surface area contributed by atoms with E-state index >= 15 is 0 Å². The van der Waals surface area contributed by atoms with E-state index in [2.05, 4.69) is 0 Å². The molecule has 0 bridgehead atoms. The Morgan fingerprint density at radius 2 is 1.86 bits per heavy atom. The molecular formula is C18H12O4. The van der Waals surface area contributed by atoms with Crippen molar-refractivity contribution in [2.24, 2.45) is 0 Å². The van der Waals surface area contributed by atoms with Gasteiger partial charge in [-0.15, -0.1) is 0 Å². The van der Waals surface area contributed by atoms with Gasteiger partial charge in [0.2, 0.25) is 5.43 Å². The SMILES string of the molecule is COc1ccc2cc3c(=O)c4c(O)cccc4oc3cc2c1. The molecule has 1 aromatic heterocycles. The summed E-state index contributed by atoms with van der Waals surface area (Å²) in [7, 11) is 1.61. The molecule has 0 aliphatic heterocycles. The van der Waals surface area contributed by atoms with E-state index in [0.717, 1.165) is 16.5 Å². The largest absolute Gasteiger partial charge is 0.507 e. The number of hydrogen-bond donors (Lipinski definition) is 1. The summed E-state index contributed by atoms with van der Waals surface area (Å²) in [6.07, 6.45) is 0. The normalized spacial score (nSPS) is 11.3. The first-order valence-electron chi connectivity index (χ1n) is 6.84. The van der Waals surface area contributed by atoms with Crippen LogP contribution in [-0.2, 0) is 0 Å². The zero-order chi connectivity index (χ0) is 15.3. The van der Waals surface area contributed by atoms with Crippen LogP contribution >= 0.6 is 0 Å². The molecule has 4 heteroatoms. The first-order valence-corrected chi connectivity index (χ1v) is 6.84. The molecule has 0 aliphatic carbocycles. The number of ether oxygens (including phenoxy) is 1. The fraction of sp³-hybridized carbons (Fsp3) is 0.0556. The second-order valence-electron chi connectivity index (χ2n) is 5.14. The molecule has 22 heavy (non-hydrogen) atoms. The number of benzene rings is 3. The second kappa shape index (κ2) is 4.49. The van der Waals surface area contributed by atoms with Gasteiger partial charge in [0.1, 0.15) is 28.1 Å². The lowest BCUT2D eigenvalue weighted by Gasteiger charge is -2.06. The molecule has 0 unspecified atom stereocenters. The van der Waals surface area contributed by atoms with E-state index in [4.69, 9.17) is 9.15 Å². The van der Waals surface area contributed by atoms with E-state index in [0.29, 0.717) is 16.6 Å². The molecule has 0 amide bonds. The summed E-state index contributed by atoms with van der Waals surface area (Å²) in [5.41, 5.74) is 0.635. The smallest absolute Gasteiger partial charge is 0.204 e. The molecule has 0 atom stereocenters. The topological polar surface area (TPSA) is 59.7 Å². The van der Waals surface area contributed by atoms with Crippen LogP contribution in [0.1, 0.15) is 0 Å². The Hall–Kier alpha value is -3.01. The van der Waals surface area contributed by atoms with Crippen LogP contribution < -0.4 is 10.2 Å². The fourth-order valence-corrected chi connectivity index (χ4v) is 2.73. The Balaban J connectivity index is 2.19. The first-order chi connectivity index (χ1) is 10.7. The van der Waals surface area contributed by atoms with Crippen molar-refractivity contribution in [1.82, 2.24) is 0 Å². The lowest BCUT2D eigenvalue weighted by atomic mass is 10.1. The Morgan fingerprint density at radius 3 is 2.68 bits per heavy atom. The standard InChI is InChI=1S/C18H12O4/c1-21-12-6-5-10-8-13-16(9-11(10)7-12)22-15-4-2-3-14(19)17(15)18(13)20/h2-9,19H,1H3. The Labute approximate surface area is 125 Å². The van der Waals surface area contributed by atoms with Crippen LogP contribution in [0.15, 0.2) is 57.7 Å². The zero-order valence-electron chi connectivity index (χ0n) is 11.8. The number of phenols is 1. The minimum Gasteiger partial charge on any atom is -0.507 e. The van der Waals surface area contributed by atoms with E-state index in [1.165, 1.54) is 6.07 Å². The maximum absolute atomic E-state index is 12.6. The molecule has 0 saturated heterocycles. The quantitative estimate of drug-likeness (QED) is 0.542. The highest BCUT2D eigenvalue weighted by molar-refractivity contribution is 6.00. The van der Waals surface area contributed by atoms with Crippen LogP contribution in [0.2, 0.25) is 0 Å². The zero-order valence-corrected chi connectivity index (χ0v) is 11.8. The molecule has 0 saturated carbocycles. The summed E-state index contributed by atoms with van der Waals surface area (Å²) in [5, 5.41) is 12.4. The summed E-state index contributed by atoms with van der Waals surface area (Å²) in [6, 6.07) is 14.0. The van der Waals surface area contributed by atoms with Gasteiger partial charge in [0.05, 0.1) is 12.5 Å². The second-order valence-corrected chi connectivity index (χ2v) is 5.14.